The first-order valence-electron chi connectivity index (χ1n) is 8.86. The second-order valence-electron chi connectivity index (χ2n) is 7.00. The van der Waals surface area contributed by atoms with Crippen molar-refractivity contribution >= 4 is 23.2 Å². The minimum atomic E-state index is -4.76. The van der Waals surface area contributed by atoms with Crippen LogP contribution < -0.4 is 4.59 Å². The zero-order chi connectivity index (χ0) is 20.1. The van der Waals surface area contributed by atoms with Gasteiger partial charge in [-0.05, 0) is 43.1 Å². The Balaban J connectivity index is 1.88. The third-order valence-corrected chi connectivity index (χ3v) is 5.09. The van der Waals surface area contributed by atoms with E-state index in [0.29, 0.717) is 37.3 Å². The van der Waals surface area contributed by atoms with E-state index in [2.05, 4.69) is 15.3 Å². The van der Waals surface area contributed by atoms with Crippen molar-refractivity contribution in [2.45, 2.75) is 32.0 Å². The number of rotatable bonds is 1. The lowest BCUT2D eigenvalue weighted by atomic mass is 10.1. The molecular formula is C18H19F3N5O2+. The van der Waals surface area contributed by atoms with Gasteiger partial charge in [0.15, 0.2) is 11.5 Å². The summed E-state index contributed by atoms with van der Waals surface area (Å²) in [6.45, 7) is 2.59. The Bertz CT molecular complexity index is 930. The maximum atomic E-state index is 13.9. The van der Waals surface area contributed by atoms with Gasteiger partial charge in [0.05, 0.1) is 6.10 Å². The number of benzene rings is 1. The molecule has 0 saturated carbocycles. The molecule has 0 aliphatic carbocycles. The Hall–Kier alpha value is -2.72. The van der Waals surface area contributed by atoms with Crippen molar-refractivity contribution in [2.24, 2.45) is 15.3 Å². The smallest absolute Gasteiger partial charge is 0.492 e. The molecule has 3 heterocycles. The largest absolute Gasteiger partial charge is 0.508 e. The number of aliphatic hydroxyl groups is 1. The number of piperidine rings is 1. The number of aliphatic hydroxyl groups excluding tert-OH is 1. The number of likely N-dealkylation sites (tertiary alicyclic amines) is 1. The van der Waals surface area contributed by atoms with Crippen LogP contribution in [0.15, 0.2) is 45.7 Å². The van der Waals surface area contributed by atoms with Gasteiger partial charge in [-0.3, -0.25) is 0 Å². The van der Waals surface area contributed by atoms with Gasteiger partial charge in [0.25, 0.3) is 5.84 Å². The van der Waals surface area contributed by atoms with E-state index >= 15 is 0 Å². The lowest BCUT2D eigenvalue weighted by Crippen LogP contribution is -2.59. The second-order valence-corrected chi connectivity index (χ2v) is 7.00. The highest BCUT2D eigenvalue weighted by Crippen LogP contribution is 2.41. The quantitative estimate of drug-likeness (QED) is 0.719. The molecule has 10 heteroatoms. The fourth-order valence-corrected chi connectivity index (χ4v) is 3.71. The summed E-state index contributed by atoms with van der Waals surface area (Å²) in [7, 11) is 0. The van der Waals surface area contributed by atoms with Gasteiger partial charge in [0.1, 0.15) is 5.75 Å². The number of hydrogen-bond donors (Lipinski definition) is 2. The number of amidine groups is 3. The van der Waals surface area contributed by atoms with Crippen molar-refractivity contribution in [1.29, 1.82) is 0 Å². The van der Waals surface area contributed by atoms with Gasteiger partial charge in [0, 0.05) is 30.8 Å². The number of quaternary nitrogens is 1. The topological polar surface area (TPSA) is 80.8 Å². The molecule has 148 valence electrons. The van der Waals surface area contributed by atoms with E-state index in [9.17, 15) is 23.4 Å². The molecular weight excluding hydrogens is 375 g/mol. The van der Waals surface area contributed by atoms with Crippen molar-refractivity contribution in [3.63, 3.8) is 0 Å². The summed E-state index contributed by atoms with van der Waals surface area (Å²) in [5.74, 6) is -0.807. The van der Waals surface area contributed by atoms with E-state index in [1.165, 1.54) is 24.3 Å². The highest BCUT2D eigenvalue weighted by atomic mass is 19.4. The van der Waals surface area contributed by atoms with Gasteiger partial charge < -0.3 is 15.1 Å². The summed E-state index contributed by atoms with van der Waals surface area (Å²) in [6, 6.07) is 4.12. The summed E-state index contributed by atoms with van der Waals surface area (Å²) in [6.07, 6.45) is -1.02. The minimum Gasteiger partial charge on any atom is -0.508 e. The van der Waals surface area contributed by atoms with Gasteiger partial charge in [-0.2, -0.15) is 13.2 Å². The molecule has 7 nitrogen and oxygen atoms in total. The molecule has 1 unspecified atom stereocenters. The molecule has 4 rings (SSSR count). The summed E-state index contributed by atoms with van der Waals surface area (Å²) in [5, 5.41) is 31.1. The number of phenols is 1. The number of aryl methyl sites for hydroxylation is 1. The van der Waals surface area contributed by atoms with E-state index in [4.69, 9.17) is 0 Å². The molecule has 0 spiro atoms. The SMILES string of the molecule is Cc1cc(O)ccc1[N+]12N=C(N3CCC(O)CC3)C=CC1=NN=C2C(F)(F)F. The number of phenolic OH excluding ortho intramolecular Hbond substituents is 1. The average molecular weight is 394 g/mol. The molecule has 1 aromatic carbocycles. The van der Waals surface area contributed by atoms with Gasteiger partial charge in [-0.15, -0.1) is 0 Å². The summed E-state index contributed by atoms with van der Waals surface area (Å²) >= 11 is 0. The van der Waals surface area contributed by atoms with Crippen molar-refractivity contribution in [2.75, 3.05) is 13.1 Å². The lowest BCUT2D eigenvalue weighted by Gasteiger charge is -2.35. The Labute approximate surface area is 159 Å². The predicted octanol–water partition coefficient (Wildman–Crippen LogP) is 2.64. The third-order valence-electron chi connectivity index (χ3n) is 5.09. The third kappa shape index (κ3) is 2.89. The molecule has 0 amide bonds. The maximum Gasteiger partial charge on any atom is 0.492 e. The fraction of sp³-hybridized carbons (Fsp3) is 0.389. The highest BCUT2D eigenvalue weighted by Gasteiger charge is 2.62. The molecule has 0 bridgehead atoms. The predicted molar refractivity (Wildman–Crippen MR) is 99.0 cm³/mol. The summed E-state index contributed by atoms with van der Waals surface area (Å²) in [5.41, 5.74) is 0.642. The first kappa shape index (κ1) is 18.6. The second kappa shape index (κ2) is 6.42. The molecule has 0 radical (unpaired) electrons. The highest BCUT2D eigenvalue weighted by molar-refractivity contribution is 6.24. The molecule has 3 aliphatic heterocycles. The van der Waals surface area contributed by atoms with Gasteiger partial charge in [-0.1, -0.05) is 14.8 Å². The molecule has 1 aromatic rings. The Kier molecular flexibility index (Phi) is 4.27. The Morgan fingerprint density at radius 3 is 2.50 bits per heavy atom. The van der Waals surface area contributed by atoms with Crippen LogP contribution >= 0.6 is 0 Å². The van der Waals surface area contributed by atoms with Crippen molar-refractivity contribution < 1.29 is 23.4 Å². The normalized spacial score (nSPS) is 25.3. The van der Waals surface area contributed by atoms with Gasteiger partial charge in [-0.25, -0.2) is 0 Å². The number of fused-ring (bicyclic) bond motifs is 1. The molecule has 28 heavy (non-hydrogen) atoms. The van der Waals surface area contributed by atoms with E-state index in [1.54, 1.807) is 13.0 Å². The number of aromatic hydroxyl groups is 1. The molecule has 0 aromatic heterocycles. The maximum absolute atomic E-state index is 13.9. The molecule has 2 N–H and O–H groups in total. The van der Waals surface area contributed by atoms with Crippen LogP contribution in [-0.2, 0) is 0 Å². The van der Waals surface area contributed by atoms with E-state index in [0.717, 1.165) is 0 Å². The van der Waals surface area contributed by atoms with Crippen LogP contribution in [-0.4, -0.2) is 58.0 Å². The number of hydrogen-bond acceptors (Lipinski definition) is 6. The molecule has 1 fully saturated rings. The molecule has 3 aliphatic rings. The van der Waals surface area contributed by atoms with Crippen molar-refractivity contribution in [3.8, 4) is 5.75 Å². The zero-order valence-corrected chi connectivity index (χ0v) is 15.1. The summed E-state index contributed by atoms with van der Waals surface area (Å²) < 4.78 is 40.6. The Morgan fingerprint density at radius 2 is 1.86 bits per heavy atom. The van der Waals surface area contributed by atoms with Crippen LogP contribution in [0.1, 0.15) is 18.4 Å². The fourth-order valence-electron chi connectivity index (χ4n) is 3.71. The van der Waals surface area contributed by atoms with E-state index < -0.39 is 22.7 Å². The van der Waals surface area contributed by atoms with Crippen LogP contribution in [0.5, 0.6) is 5.75 Å². The monoisotopic (exact) mass is 394 g/mol. The Morgan fingerprint density at radius 1 is 1.14 bits per heavy atom. The van der Waals surface area contributed by atoms with Crippen LogP contribution in [0.4, 0.5) is 18.9 Å². The minimum absolute atomic E-state index is 0.0295. The van der Waals surface area contributed by atoms with E-state index in [1.807, 2.05) is 4.90 Å². The van der Waals surface area contributed by atoms with Crippen molar-refractivity contribution in [1.82, 2.24) is 9.49 Å². The van der Waals surface area contributed by atoms with Crippen molar-refractivity contribution in [3.05, 3.63) is 35.9 Å². The zero-order valence-electron chi connectivity index (χ0n) is 15.1. The number of halogens is 3. The first-order valence-corrected chi connectivity index (χ1v) is 8.86. The molecule has 1 saturated heterocycles. The average Bonchev–Trinajstić information content (AvgIpc) is 3.01. The van der Waals surface area contributed by atoms with Crippen LogP contribution in [0.2, 0.25) is 0 Å². The van der Waals surface area contributed by atoms with E-state index in [-0.39, 0.29) is 17.3 Å². The van der Waals surface area contributed by atoms with Gasteiger partial charge in [0.2, 0.25) is 0 Å². The van der Waals surface area contributed by atoms with Crippen LogP contribution in [0.25, 0.3) is 0 Å². The number of nitrogens with zero attached hydrogens (tertiary/aromatic N) is 5. The number of alkyl halides is 3. The van der Waals surface area contributed by atoms with Gasteiger partial charge >= 0.3 is 12.0 Å². The molecule has 1 atom stereocenters. The first-order chi connectivity index (χ1) is 13.2. The lowest BCUT2D eigenvalue weighted by molar-refractivity contribution is -0.0653. The summed E-state index contributed by atoms with van der Waals surface area (Å²) in [4.78, 5) is 1.85. The standard InChI is InChI=1S/C18H18F3N5O2/c1-11-10-13(28)2-3-14(11)26-16(22-23-17(26)18(19,20)21)5-4-15(24-26)25-8-6-12(27)7-9-25/h2-5,10,12,27H,6-9H2,1H3/p+1. The van der Waals surface area contributed by atoms with Crippen LogP contribution in [0.3, 0.4) is 0 Å². The van der Waals surface area contributed by atoms with Crippen LogP contribution in [0, 0.1) is 6.92 Å².